The molecule has 0 saturated carbocycles. The zero-order valence-corrected chi connectivity index (χ0v) is 13.3. The van der Waals surface area contributed by atoms with Gasteiger partial charge in [-0.15, -0.1) is 0 Å². The number of hydrogen-bond acceptors (Lipinski definition) is 5. The number of carbonyl (C=O) groups excluding carboxylic acids is 1. The number of aromatic nitrogens is 2. The van der Waals surface area contributed by atoms with Gasteiger partial charge in [-0.05, 0) is 37.1 Å². The van der Waals surface area contributed by atoms with Crippen LogP contribution in [-0.4, -0.2) is 23.2 Å². The molecule has 6 heteroatoms. The molecular weight excluding hydrogens is 282 g/mol. The quantitative estimate of drug-likeness (QED) is 0.887. The van der Waals surface area contributed by atoms with Gasteiger partial charge in [0.1, 0.15) is 11.8 Å². The van der Waals surface area contributed by atoms with Gasteiger partial charge in [0.25, 0.3) is 0 Å². The van der Waals surface area contributed by atoms with Crippen molar-refractivity contribution < 1.29 is 14.1 Å². The van der Waals surface area contributed by atoms with Crippen molar-refractivity contribution in [2.45, 2.75) is 33.2 Å². The SMILES string of the molecule is COc1ccc(-c2noc([C@@H](C)NC(=O)CC(C)C)n2)cc1. The molecule has 1 atom stereocenters. The summed E-state index contributed by atoms with van der Waals surface area (Å²) in [7, 11) is 1.61. The highest BCUT2D eigenvalue weighted by atomic mass is 16.5. The second-order valence-electron chi connectivity index (χ2n) is 5.57. The third kappa shape index (κ3) is 4.07. The minimum Gasteiger partial charge on any atom is -0.497 e. The molecule has 2 aromatic rings. The first-order valence-electron chi connectivity index (χ1n) is 7.27. The Labute approximate surface area is 129 Å². The lowest BCUT2D eigenvalue weighted by Crippen LogP contribution is -2.27. The summed E-state index contributed by atoms with van der Waals surface area (Å²) in [6.07, 6.45) is 0.476. The Hall–Kier alpha value is -2.37. The van der Waals surface area contributed by atoms with E-state index in [9.17, 15) is 4.79 Å². The van der Waals surface area contributed by atoms with Crippen molar-refractivity contribution in [1.82, 2.24) is 15.5 Å². The second-order valence-corrected chi connectivity index (χ2v) is 5.57. The van der Waals surface area contributed by atoms with E-state index in [0.717, 1.165) is 11.3 Å². The number of methoxy groups -OCH3 is 1. The van der Waals surface area contributed by atoms with Crippen molar-refractivity contribution in [2.24, 2.45) is 5.92 Å². The van der Waals surface area contributed by atoms with Crippen molar-refractivity contribution in [1.29, 1.82) is 0 Å². The molecule has 0 spiro atoms. The van der Waals surface area contributed by atoms with Gasteiger partial charge < -0.3 is 14.6 Å². The number of nitrogens with one attached hydrogen (secondary N) is 1. The lowest BCUT2D eigenvalue weighted by Gasteiger charge is -2.10. The fourth-order valence-electron chi connectivity index (χ4n) is 2.00. The first-order chi connectivity index (χ1) is 10.5. The van der Waals surface area contributed by atoms with Crippen LogP contribution >= 0.6 is 0 Å². The maximum atomic E-state index is 11.8. The van der Waals surface area contributed by atoms with Crippen molar-refractivity contribution in [2.75, 3.05) is 7.11 Å². The molecule has 0 aliphatic rings. The largest absolute Gasteiger partial charge is 0.497 e. The minimum atomic E-state index is -0.314. The molecule has 0 aliphatic carbocycles. The van der Waals surface area contributed by atoms with E-state index < -0.39 is 0 Å². The van der Waals surface area contributed by atoms with Crippen LogP contribution in [0, 0.1) is 5.92 Å². The van der Waals surface area contributed by atoms with Gasteiger partial charge in [0.2, 0.25) is 17.6 Å². The minimum absolute atomic E-state index is 0.0216. The number of ether oxygens (including phenoxy) is 1. The van der Waals surface area contributed by atoms with E-state index in [4.69, 9.17) is 9.26 Å². The molecule has 0 fully saturated rings. The molecule has 1 heterocycles. The van der Waals surface area contributed by atoms with E-state index in [2.05, 4.69) is 15.5 Å². The summed E-state index contributed by atoms with van der Waals surface area (Å²) >= 11 is 0. The molecule has 1 amide bonds. The maximum Gasteiger partial charge on any atom is 0.249 e. The smallest absolute Gasteiger partial charge is 0.249 e. The predicted octanol–water partition coefficient (Wildman–Crippen LogP) is 2.97. The summed E-state index contributed by atoms with van der Waals surface area (Å²) in [6, 6.07) is 7.06. The van der Waals surface area contributed by atoms with Crippen LogP contribution in [0.5, 0.6) is 5.75 Å². The third-order valence-corrected chi connectivity index (χ3v) is 3.13. The molecule has 1 aromatic carbocycles. The summed E-state index contributed by atoms with van der Waals surface area (Å²) in [5.41, 5.74) is 0.830. The summed E-state index contributed by atoms with van der Waals surface area (Å²) in [5.74, 6) is 1.93. The maximum absolute atomic E-state index is 11.8. The molecule has 0 unspecified atom stereocenters. The lowest BCUT2D eigenvalue weighted by atomic mass is 10.1. The molecule has 6 nitrogen and oxygen atoms in total. The second kappa shape index (κ2) is 7.06. The summed E-state index contributed by atoms with van der Waals surface area (Å²) < 4.78 is 10.3. The Bertz CT molecular complexity index is 620. The average Bonchev–Trinajstić information content (AvgIpc) is 2.96. The van der Waals surface area contributed by atoms with Crippen molar-refractivity contribution in [3.8, 4) is 17.1 Å². The van der Waals surface area contributed by atoms with Crippen molar-refractivity contribution in [3.63, 3.8) is 0 Å². The van der Waals surface area contributed by atoms with Crippen LogP contribution in [0.4, 0.5) is 0 Å². The number of carbonyl (C=O) groups is 1. The van der Waals surface area contributed by atoms with Gasteiger partial charge in [-0.2, -0.15) is 4.98 Å². The Balaban J connectivity index is 2.05. The lowest BCUT2D eigenvalue weighted by molar-refractivity contribution is -0.122. The molecule has 0 aliphatic heterocycles. The van der Waals surface area contributed by atoms with Crippen LogP contribution in [0.15, 0.2) is 28.8 Å². The van der Waals surface area contributed by atoms with E-state index in [1.54, 1.807) is 7.11 Å². The van der Waals surface area contributed by atoms with Gasteiger partial charge in [-0.1, -0.05) is 19.0 Å². The number of rotatable bonds is 6. The fourth-order valence-corrected chi connectivity index (χ4v) is 2.00. The normalized spacial score (nSPS) is 12.2. The van der Waals surface area contributed by atoms with Crippen molar-refractivity contribution in [3.05, 3.63) is 30.2 Å². The highest BCUT2D eigenvalue weighted by Crippen LogP contribution is 2.21. The van der Waals surface area contributed by atoms with Crippen molar-refractivity contribution >= 4 is 5.91 Å². The first kappa shape index (κ1) is 16.0. The number of benzene rings is 1. The Kier molecular flexibility index (Phi) is 5.14. The van der Waals surface area contributed by atoms with Gasteiger partial charge in [0, 0.05) is 12.0 Å². The van der Waals surface area contributed by atoms with Crippen LogP contribution in [0.2, 0.25) is 0 Å². The molecule has 118 valence electrons. The fraction of sp³-hybridized carbons (Fsp3) is 0.438. The highest BCUT2D eigenvalue weighted by Gasteiger charge is 2.17. The molecule has 1 N–H and O–H groups in total. The van der Waals surface area contributed by atoms with E-state index in [1.165, 1.54) is 0 Å². The zero-order chi connectivity index (χ0) is 16.1. The average molecular weight is 303 g/mol. The molecule has 2 rings (SSSR count). The van der Waals surface area contributed by atoms with Gasteiger partial charge in [-0.3, -0.25) is 4.79 Å². The van der Waals surface area contributed by atoms with E-state index in [-0.39, 0.29) is 11.9 Å². The van der Waals surface area contributed by atoms with Crippen LogP contribution in [0.25, 0.3) is 11.4 Å². The zero-order valence-electron chi connectivity index (χ0n) is 13.3. The Morgan fingerprint density at radius 3 is 2.55 bits per heavy atom. The molecule has 0 saturated heterocycles. The highest BCUT2D eigenvalue weighted by molar-refractivity contribution is 5.76. The third-order valence-electron chi connectivity index (χ3n) is 3.13. The molecular formula is C16H21N3O3. The summed E-state index contributed by atoms with van der Waals surface area (Å²) in [6.45, 7) is 5.82. The van der Waals surface area contributed by atoms with Crippen LogP contribution in [0.1, 0.15) is 39.1 Å². The number of amides is 1. The van der Waals surface area contributed by atoms with Gasteiger partial charge in [0.05, 0.1) is 7.11 Å². The van der Waals surface area contributed by atoms with E-state index in [1.807, 2.05) is 45.0 Å². The summed E-state index contributed by atoms with van der Waals surface area (Å²) in [5, 5.41) is 6.81. The number of hydrogen-bond donors (Lipinski definition) is 1. The van der Waals surface area contributed by atoms with Gasteiger partial charge >= 0.3 is 0 Å². The molecule has 1 aromatic heterocycles. The Morgan fingerprint density at radius 2 is 1.95 bits per heavy atom. The molecule has 0 bridgehead atoms. The van der Waals surface area contributed by atoms with Gasteiger partial charge in [-0.25, -0.2) is 0 Å². The summed E-state index contributed by atoms with van der Waals surface area (Å²) in [4.78, 5) is 16.1. The Morgan fingerprint density at radius 1 is 1.27 bits per heavy atom. The van der Waals surface area contributed by atoms with E-state index in [0.29, 0.717) is 24.1 Å². The molecule has 0 radical (unpaired) electrons. The number of nitrogens with zero attached hydrogens (tertiary/aromatic N) is 2. The first-order valence-corrected chi connectivity index (χ1v) is 7.27. The standard InChI is InChI=1S/C16H21N3O3/c1-10(2)9-14(20)17-11(3)16-18-15(19-22-16)12-5-7-13(21-4)8-6-12/h5-8,10-11H,9H2,1-4H3,(H,17,20)/t11-/m1/s1. The van der Waals surface area contributed by atoms with Crippen LogP contribution < -0.4 is 10.1 Å². The van der Waals surface area contributed by atoms with Crippen LogP contribution in [-0.2, 0) is 4.79 Å². The monoisotopic (exact) mass is 303 g/mol. The predicted molar refractivity (Wildman–Crippen MR) is 82.3 cm³/mol. The topological polar surface area (TPSA) is 77.3 Å². The van der Waals surface area contributed by atoms with Crippen LogP contribution in [0.3, 0.4) is 0 Å². The van der Waals surface area contributed by atoms with E-state index >= 15 is 0 Å². The van der Waals surface area contributed by atoms with Gasteiger partial charge in [0.15, 0.2) is 0 Å². The molecule has 22 heavy (non-hydrogen) atoms.